The minimum Gasteiger partial charge on any atom is -0.389 e. The lowest BCUT2D eigenvalue weighted by Crippen LogP contribution is -2.15. The summed E-state index contributed by atoms with van der Waals surface area (Å²) in [6.07, 6.45) is 3.33. The summed E-state index contributed by atoms with van der Waals surface area (Å²) in [4.78, 5) is 5.87. The number of halogens is 2. The lowest BCUT2D eigenvalue weighted by atomic mass is 10.2. The van der Waals surface area contributed by atoms with Crippen LogP contribution in [0.1, 0.15) is 5.56 Å². The lowest BCUT2D eigenvalue weighted by molar-refractivity contribution is 0.620. The van der Waals surface area contributed by atoms with E-state index in [1.807, 2.05) is 6.07 Å². The van der Waals surface area contributed by atoms with Gasteiger partial charge in [-0.3, -0.25) is 4.98 Å². The molecule has 1 aromatic heterocycles. The third-order valence-electron chi connectivity index (χ3n) is 2.72. The summed E-state index contributed by atoms with van der Waals surface area (Å²) >= 11 is 8.06. The fourth-order valence-electron chi connectivity index (χ4n) is 1.68. The molecule has 2 rings (SSSR count). The molecular weight excluding hydrogens is 329 g/mol. The van der Waals surface area contributed by atoms with Gasteiger partial charge >= 0.3 is 0 Å². The lowest BCUT2D eigenvalue weighted by Gasteiger charge is -2.20. The van der Waals surface area contributed by atoms with Crippen LogP contribution < -0.4 is 10.6 Å². The molecule has 0 spiro atoms. The van der Waals surface area contributed by atoms with E-state index >= 15 is 0 Å². The molecule has 0 aliphatic rings. The molecule has 0 saturated carbocycles. The molecule has 0 radical (unpaired) electrons. The second kappa shape index (κ2) is 5.63. The quantitative estimate of drug-likeness (QED) is 0.870. The molecule has 19 heavy (non-hydrogen) atoms. The van der Waals surface area contributed by atoms with Crippen molar-refractivity contribution in [2.45, 2.75) is 0 Å². The van der Waals surface area contributed by atoms with Gasteiger partial charge in [0.2, 0.25) is 0 Å². The zero-order valence-corrected chi connectivity index (χ0v) is 12.5. The molecule has 1 aromatic carbocycles. The van der Waals surface area contributed by atoms with Gasteiger partial charge in [0.05, 0.1) is 22.0 Å². The number of rotatable bonds is 3. The van der Waals surface area contributed by atoms with E-state index in [2.05, 4.69) is 20.9 Å². The van der Waals surface area contributed by atoms with Gasteiger partial charge < -0.3 is 10.6 Å². The van der Waals surface area contributed by atoms with E-state index in [1.165, 1.54) is 0 Å². The Morgan fingerprint density at radius 1 is 1.42 bits per heavy atom. The first-order valence-corrected chi connectivity index (χ1v) is 6.64. The number of nitrogens with zero attached hydrogens (tertiary/aromatic N) is 2. The fourth-order valence-corrected chi connectivity index (χ4v) is 2.53. The molecular formula is C13H11BrFN3S. The third kappa shape index (κ3) is 2.74. The molecule has 1 heterocycles. The van der Waals surface area contributed by atoms with Crippen LogP contribution in [0, 0.1) is 5.82 Å². The first-order chi connectivity index (χ1) is 9.02. The summed E-state index contributed by atoms with van der Waals surface area (Å²) in [6, 6.07) is 6.98. The average Bonchev–Trinajstić information content (AvgIpc) is 2.41. The molecule has 0 amide bonds. The molecule has 6 heteroatoms. The van der Waals surface area contributed by atoms with Crippen LogP contribution in [-0.4, -0.2) is 17.0 Å². The van der Waals surface area contributed by atoms with Gasteiger partial charge in [-0.1, -0.05) is 12.2 Å². The van der Waals surface area contributed by atoms with Crippen LogP contribution >= 0.6 is 28.1 Å². The van der Waals surface area contributed by atoms with Crippen LogP contribution in [-0.2, 0) is 0 Å². The highest BCUT2D eigenvalue weighted by Gasteiger charge is 2.16. The van der Waals surface area contributed by atoms with E-state index in [0.717, 1.165) is 5.69 Å². The van der Waals surface area contributed by atoms with Crippen LogP contribution in [0.5, 0.6) is 0 Å². The van der Waals surface area contributed by atoms with Crippen molar-refractivity contribution in [3.8, 4) is 0 Å². The van der Waals surface area contributed by atoms with Gasteiger partial charge in [0.1, 0.15) is 4.99 Å². The van der Waals surface area contributed by atoms with Crippen molar-refractivity contribution in [3.63, 3.8) is 0 Å². The molecule has 2 N–H and O–H groups in total. The topological polar surface area (TPSA) is 42.2 Å². The molecule has 0 fully saturated rings. The number of anilines is 2. The Morgan fingerprint density at radius 3 is 2.74 bits per heavy atom. The van der Waals surface area contributed by atoms with Gasteiger partial charge in [0, 0.05) is 18.8 Å². The smallest absolute Gasteiger partial charge is 0.161 e. The van der Waals surface area contributed by atoms with Crippen molar-refractivity contribution in [2.75, 3.05) is 11.9 Å². The molecule has 98 valence electrons. The Kier molecular flexibility index (Phi) is 4.11. The summed E-state index contributed by atoms with van der Waals surface area (Å²) < 4.78 is 14.6. The Balaban J connectivity index is 2.47. The SMILES string of the molecule is CN(c1cccnc1)c1ccc(C(N)=S)c(Br)c1F. The maximum Gasteiger partial charge on any atom is 0.161 e. The number of hydrogen-bond acceptors (Lipinski definition) is 3. The monoisotopic (exact) mass is 339 g/mol. The highest BCUT2D eigenvalue weighted by molar-refractivity contribution is 9.10. The number of thiocarbonyl (C=S) groups is 1. The maximum absolute atomic E-state index is 14.3. The van der Waals surface area contributed by atoms with Gasteiger partial charge in [-0.15, -0.1) is 0 Å². The van der Waals surface area contributed by atoms with Crippen molar-refractivity contribution in [3.05, 3.63) is 52.5 Å². The van der Waals surface area contributed by atoms with Gasteiger partial charge in [-0.2, -0.15) is 0 Å². The predicted molar refractivity (Wildman–Crippen MR) is 82.3 cm³/mol. The van der Waals surface area contributed by atoms with Gasteiger partial charge in [0.25, 0.3) is 0 Å². The first-order valence-electron chi connectivity index (χ1n) is 5.44. The molecule has 0 bridgehead atoms. The number of nitrogens with two attached hydrogens (primary N) is 1. The van der Waals surface area contributed by atoms with Crippen LogP contribution in [0.3, 0.4) is 0 Å². The zero-order valence-electron chi connectivity index (χ0n) is 10.1. The number of pyridine rings is 1. The first kappa shape index (κ1) is 13.9. The van der Waals surface area contributed by atoms with Crippen molar-refractivity contribution >= 4 is 44.5 Å². The maximum atomic E-state index is 14.3. The van der Waals surface area contributed by atoms with E-state index in [9.17, 15) is 4.39 Å². The predicted octanol–water partition coefficient (Wildman–Crippen LogP) is 3.39. The molecule has 0 aliphatic heterocycles. The van der Waals surface area contributed by atoms with E-state index in [4.69, 9.17) is 18.0 Å². The number of aromatic nitrogens is 1. The normalized spacial score (nSPS) is 10.3. The summed E-state index contributed by atoms with van der Waals surface area (Å²) in [7, 11) is 1.77. The van der Waals surface area contributed by atoms with Gasteiger partial charge in [-0.05, 0) is 40.2 Å². The van der Waals surface area contributed by atoms with Crippen molar-refractivity contribution in [2.24, 2.45) is 5.73 Å². The van der Waals surface area contributed by atoms with Crippen LogP contribution in [0.4, 0.5) is 15.8 Å². The van der Waals surface area contributed by atoms with Crippen LogP contribution in [0.25, 0.3) is 0 Å². The molecule has 0 unspecified atom stereocenters. The van der Waals surface area contributed by atoms with E-state index in [1.54, 1.807) is 42.5 Å². The van der Waals surface area contributed by atoms with Crippen LogP contribution in [0.15, 0.2) is 41.1 Å². The Morgan fingerprint density at radius 2 is 2.16 bits per heavy atom. The van der Waals surface area contributed by atoms with Gasteiger partial charge in [-0.25, -0.2) is 4.39 Å². The number of hydrogen-bond donors (Lipinski definition) is 1. The highest BCUT2D eigenvalue weighted by Crippen LogP contribution is 2.32. The van der Waals surface area contributed by atoms with Crippen molar-refractivity contribution in [1.29, 1.82) is 0 Å². The second-order valence-electron chi connectivity index (χ2n) is 3.89. The molecule has 0 atom stereocenters. The Labute approximate surface area is 124 Å². The van der Waals surface area contributed by atoms with Crippen molar-refractivity contribution < 1.29 is 4.39 Å². The number of benzene rings is 1. The van der Waals surface area contributed by atoms with Crippen LogP contribution in [0.2, 0.25) is 0 Å². The zero-order chi connectivity index (χ0) is 14.0. The Hall–Kier alpha value is -1.53. The molecule has 0 aliphatic carbocycles. The largest absolute Gasteiger partial charge is 0.389 e. The van der Waals surface area contributed by atoms with E-state index < -0.39 is 5.82 Å². The fraction of sp³-hybridized carbons (Fsp3) is 0.0769. The summed E-state index contributed by atoms with van der Waals surface area (Å²) in [5, 5.41) is 0. The van der Waals surface area contributed by atoms with E-state index in [-0.39, 0.29) is 9.46 Å². The average molecular weight is 340 g/mol. The van der Waals surface area contributed by atoms with Crippen molar-refractivity contribution in [1.82, 2.24) is 4.98 Å². The second-order valence-corrected chi connectivity index (χ2v) is 5.13. The third-order valence-corrected chi connectivity index (χ3v) is 3.72. The summed E-state index contributed by atoms with van der Waals surface area (Å²) in [5.41, 5.74) is 7.22. The van der Waals surface area contributed by atoms with Gasteiger partial charge in [0.15, 0.2) is 5.82 Å². The minimum atomic E-state index is -0.406. The molecule has 0 saturated heterocycles. The summed E-state index contributed by atoms with van der Waals surface area (Å²) in [5.74, 6) is -0.406. The van der Waals surface area contributed by atoms with E-state index in [0.29, 0.717) is 11.3 Å². The standard InChI is InChI=1S/C13H11BrFN3S/c1-18(8-3-2-6-17-7-8)10-5-4-9(13(16)19)11(14)12(10)15/h2-7H,1H3,(H2,16,19). The minimum absolute atomic E-state index is 0.154. The molecule has 3 nitrogen and oxygen atoms in total. The highest BCUT2D eigenvalue weighted by atomic mass is 79.9. The Bertz CT molecular complexity index is 619. The molecule has 2 aromatic rings. The summed E-state index contributed by atoms with van der Waals surface area (Å²) in [6.45, 7) is 0.